The van der Waals surface area contributed by atoms with Gasteiger partial charge in [0.25, 0.3) is 5.91 Å². The molecule has 3 aromatic carbocycles. The van der Waals surface area contributed by atoms with E-state index in [1.807, 2.05) is 102 Å². The Labute approximate surface area is 185 Å². The normalized spacial score (nSPS) is 10.8. The molecule has 0 unspecified atom stereocenters. The van der Waals surface area contributed by atoms with Crippen molar-refractivity contribution in [1.82, 2.24) is 20.3 Å². The van der Waals surface area contributed by atoms with Gasteiger partial charge in [0.1, 0.15) is 0 Å². The molecule has 2 aromatic heterocycles. The van der Waals surface area contributed by atoms with Crippen molar-refractivity contribution in [3.8, 4) is 28.3 Å². The fourth-order valence-corrected chi connectivity index (χ4v) is 3.48. The lowest BCUT2D eigenvalue weighted by molar-refractivity contribution is 0.0942. The van der Waals surface area contributed by atoms with Crippen molar-refractivity contribution in [2.24, 2.45) is 0 Å². The summed E-state index contributed by atoms with van der Waals surface area (Å²) in [6.07, 6.45) is 1.94. The van der Waals surface area contributed by atoms with Gasteiger partial charge in [0, 0.05) is 35.5 Å². The van der Waals surface area contributed by atoms with E-state index < -0.39 is 0 Å². The Hall–Kier alpha value is -4.45. The minimum Gasteiger partial charge on any atom is -0.355 e. The number of amides is 1. The molecule has 2 heterocycles. The summed E-state index contributed by atoms with van der Waals surface area (Å²) in [6, 6.07) is 31.0. The first-order valence-corrected chi connectivity index (χ1v) is 10.3. The highest BCUT2D eigenvalue weighted by Gasteiger charge is 2.16. The van der Waals surface area contributed by atoms with Gasteiger partial charge in [-0.2, -0.15) is 5.10 Å². The maximum Gasteiger partial charge on any atom is 0.273 e. The lowest BCUT2D eigenvalue weighted by atomic mass is 10.1. The number of hydrogen-bond acceptors (Lipinski definition) is 4. The van der Waals surface area contributed by atoms with Gasteiger partial charge in [0.2, 0.25) is 0 Å². The van der Waals surface area contributed by atoms with Crippen LogP contribution in [0.1, 0.15) is 16.1 Å². The average Bonchev–Trinajstić information content (AvgIpc) is 3.52. The first-order valence-electron chi connectivity index (χ1n) is 10.3. The molecular weight excluding hydrogens is 400 g/mol. The van der Waals surface area contributed by atoms with E-state index in [-0.39, 0.29) is 11.6 Å². The summed E-state index contributed by atoms with van der Waals surface area (Å²) in [6.45, 7) is 0.309. The van der Waals surface area contributed by atoms with E-state index in [9.17, 15) is 4.79 Å². The summed E-state index contributed by atoms with van der Waals surface area (Å²) in [5, 5.41) is 11.6. The van der Waals surface area contributed by atoms with Crippen LogP contribution in [-0.2, 0) is 6.54 Å². The molecule has 6 nitrogen and oxygen atoms in total. The Morgan fingerprint density at radius 2 is 1.47 bits per heavy atom. The monoisotopic (exact) mass is 420 g/mol. The topological polar surface area (TPSA) is 73.0 Å². The first kappa shape index (κ1) is 19.5. The number of benzene rings is 3. The number of carbonyl (C=O) groups is 1. The van der Waals surface area contributed by atoms with Gasteiger partial charge in [0.15, 0.2) is 11.5 Å². The van der Waals surface area contributed by atoms with Crippen LogP contribution in [0.3, 0.4) is 0 Å². The predicted molar refractivity (Wildman–Crippen MR) is 122 cm³/mol. The van der Waals surface area contributed by atoms with E-state index in [2.05, 4.69) is 10.5 Å². The summed E-state index contributed by atoms with van der Waals surface area (Å²) < 4.78 is 7.18. The summed E-state index contributed by atoms with van der Waals surface area (Å²) in [5.74, 6) is 0.250. The van der Waals surface area contributed by atoms with E-state index in [4.69, 9.17) is 9.62 Å². The van der Waals surface area contributed by atoms with E-state index in [1.54, 1.807) is 6.07 Å². The molecule has 0 atom stereocenters. The van der Waals surface area contributed by atoms with Crippen LogP contribution in [0.15, 0.2) is 108 Å². The number of aromatic nitrogens is 3. The number of carbonyl (C=O) groups excluding carboxylic acids is 1. The molecular formula is C26H20N4O2. The van der Waals surface area contributed by atoms with E-state index in [1.165, 1.54) is 0 Å². The lowest BCUT2D eigenvalue weighted by Gasteiger charge is -2.03. The molecule has 0 saturated carbocycles. The summed E-state index contributed by atoms with van der Waals surface area (Å²) in [5.41, 5.74) is 4.76. The Morgan fingerprint density at radius 1 is 0.844 bits per heavy atom. The van der Waals surface area contributed by atoms with E-state index >= 15 is 0 Å². The lowest BCUT2D eigenvalue weighted by Crippen LogP contribution is -2.23. The van der Waals surface area contributed by atoms with Crippen LogP contribution in [0.25, 0.3) is 28.3 Å². The van der Waals surface area contributed by atoms with E-state index in [0.29, 0.717) is 12.3 Å². The van der Waals surface area contributed by atoms with Crippen LogP contribution < -0.4 is 5.32 Å². The number of hydrogen-bond donors (Lipinski definition) is 1. The predicted octanol–water partition coefficient (Wildman–Crippen LogP) is 5.12. The van der Waals surface area contributed by atoms with Crippen LogP contribution >= 0.6 is 0 Å². The van der Waals surface area contributed by atoms with Crippen molar-refractivity contribution in [1.29, 1.82) is 0 Å². The molecule has 0 fully saturated rings. The van der Waals surface area contributed by atoms with E-state index in [0.717, 1.165) is 28.1 Å². The fourth-order valence-electron chi connectivity index (χ4n) is 3.48. The zero-order chi connectivity index (χ0) is 21.8. The molecule has 0 saturated heterocycles. The molecule has 0 aliphatic heterocycles. The number of para-hydroxylation sites is 1. The van der Waals surface area contributed by atoms with Crippen molar-refractivity contribution in [3.63, 3.8) is 0 Å². The Bertz CT molecular complexity index is 1330. The highest BCUT2D eigenvalue weighted by Crippen LogP contribution is 2.24. The van der Waals surface area contributed by atoms with Gasteiger partial charge >= 0.3 is 0 Å². The molecule has 0 radical (unpaired) electrons. The number of nitrogens with one attached hydrogen (secondary N) is 1. The van der Waals surface area contributed by atoms with Crippen molar-refractivity contribution in [2.75, 3.05) is 0 Å². The molecule has 5 rings (SSSR count). The Morgan fingerprint density at radius 3 is 2.16 bits per heavy atom. The molecule has 32 heavy (non-hydrogen) atoms. The maximum absolute atomic E-state index is 12.7. The van der Waals surface area contributed by atoms with Crippen molar-refractivity contribution in [2.45, 2.75) is 6.54 Å². The molecule has 6 heteroatoms. The third-order valence-electron chi connectivity index (χ3n) is 5.10. The molecule has 1 amide bonds. The molecule has 0 aliphatic rings. The summed E-state index contributed by atoms with van der Waals surface area (Å²) >= 11 is 0. The minimum atomic E-state index is -0.303. The third-order valence-corrected chi connectivity index (χ3v) is 5.10. The van der Waals surface area contributed by atoms with Gasteiger partial charge in [-0.25, -0.2) is 4.68 Å². The Balaban J connectivity index is 1.38. The molecule has 0 aliphatic carbocycles. The van der Waals surface area contributed by atoms with Gasteiger partial charge in [-0.15, -0.1) is 0 Å². The largest absolute Gasteiger partial charge is 0.355 e. The summed E-state index contributed by atoms with van der Waals surface area (Å²) in [4.78, 5) is 12.7. The molecule has 5 aromatic rings. The van der Waals surface area contributed by atoms with Crippen LogP contribution in [0.4, 0.5) is 0 Å². The van der Waals surface area contributed by atoms with Gasteiger partial charge in [-0.3, -0.25) is 4.79 Å². The van der Waals surface area contributed by atoms with Gasteiger partial charge < -0.3 is 9.84 Å². The second kappa shape index (κ2) is 8.73. The van der Waals surface area contributed by atoms with Crippen molar-refractivity contribution >= 4 is 5.91 Å². The highest BCUT2D eigenvalue weighted by atomic mass is 16.5. The zero-order valence-electron chi connectivity index (χ0n) is 17.2. The first-order chi connectivity index (χ1) is 15.8. The minimum absolute atomic E-state index is 0.237. The van der Waals surface area contributed by atoms with Crippen LogP contribution in [-0.4, -0.2) is 20.8 Å². The van der Waals surface area contributed by atoms with Crippen LogP contribution in [0.2, 0.25) is 0 Å². The maximum atomic E-state index is 12.7. The second-order valence-electron chi connectivity index (χ2n) is 7.27. The zero-order valence-corrected chi connectivity index (χ0v) is 17.2. The molecule has 1 N–H and O–H groups in total. The van der Waals surface area contributed by atoms with Gasteiger partial charge in [0.05, 0.1) is 11.4 Å². The van der Waals surface area contributed by atoms with Crippen LogP contribution in [0.5, 0.6) is 0 Å². The van der Waals surface area contributed by atoms with Crippen molar-refractivity contribution in [3.05, 3.63) is 115 Å². The Kier molecular flexibility index (Phi) is 5.32. The quantitative estimate of drug-likeness (QED) is 0.414. The summed E-state index contributed by atoms with van der Waals surface area (Å²) in [7, 11) is 0. The SMILES string of the molecule is O=C(NCc1cn(-c2ccccc2)nc1-c1ccccc1)c1cc(-c2ccccc2)on1. The van der Waals surface area contributed by atoms with Crippen LogP contribution in [0, 0.1) is 0 Å². The second-order valence-corrected chi connectivity index (χ2v) is 7.27. The molecule has 0 bridgehead atoms. The average molecular weight is 420 g/mol. The standard InChI is InChI=1S/C26H20N4O2/c31-26(23-16-24(32-29-23)19-10-4-1-5-11-19)27-17-21-18-30(22-14-8-3-9-15-22)28-25(21)20-12-6-2-7-13-20/h1-16,18H,17H2,(H,27,31). The third kappa shape index (κ3) is 4.06. The van der Waals surface area contributed by atoms with Gasteiger partial charge in [-0.1, -0.05) is 84.0 Å². The molecule has 156 valence electrons. The number of nitrogens with zero attached hydrogens (tertiary/aromatic N) is 3. The van der Waals surface area contributed by atoms with Crippen molar-refractivity contribution < 1.29 is 9.32 Å². The molecule has 0 spiro atoms. The smallest absolute Gasteiger partial charge is 0.273 e. The fraction of sp³-hybridized carbons (Fsp3) is 0.0385. The van der Waals surface area contributed by atoms with Gasteiger partial charge in [-0.05, 0) is 12.1 Å². The number of rotatable bonds is 6. The highest BCUT2D eigenvalue weighted by molar-refractivity contribution is 5.93.